The number of rotatable bonds is 7. The highest BCUT2D eigenvalue weighted by molar-refractivity contribution is 7.09. The van der Waals surface area contributed by atoms with Gasteiger partial charge in [-0.3, -0.25) is 23.9 Å². The second-order valence-electron chi connectivity index (χ2n) is 8.11. The van der Waals surface area contributed by atoms with E-state index in [1.165, 1.54) is 32.6 Å². The molecule has 0 aliphatic carbocycles. The molecule has 0 aliphatic heterocycles. The van der Waals surface area contributed by atoms with Crippen molar-refractivity contribution in [1.29, 1.82) is 0 Å². The van der Waals surface area contributed by atoms with Crippen LogP contribution in [0, 0.1) is 0 Å². The van der Waals surface area contributed by atoms with E-state index in [0.29, 0.717) is 5.02 Å². The lowest BCUT2D eigenvalue weighted by atomic mass is 10.2. The van der Waals surface area contributed by atoms with Crippen LogP contribution >= 0.6 is 22.9 Å². The first-order valence-electron chi connectivity index (χ1n) is 11.0. The summed E-state index contributed by atoms with van der Waals surface area (Å²) in [4.78, 5) is 37.5. The van der Waals surface area contributed by atoms with E-state index in [0.717, 1.165) is 22.6 Å². The van der Waals surface area contributed by atoms with Crippen LogP contribution in [-0.4, -0.2) is 30.4 Å². The maximum Gasteiger partial charge on any atom is 0.573 e. The summed E-state index contributed by atoms with van der Waals surface area (Å²) in [6.45, 7) is 1.83. The van der Waals surface area contributed by atoms with Gasteiger partial charge in [0.05, 0.1) is 18.1 Å². The van der Waals surface area contributed by atoms with Crippen molar-refractivity contribution >= 4 is 34.1 Å². The molecule has 1 N–H and O–H groups in total. The minimum atomic E-state index is -4.89. The zero-order valence-electron chi connectivity index (χ0n) is 19.4. The van der Waals surface area contributed by atoms with Crippen molar-refractivity contribution in [2.45, 2.75) is 25.9 Å². The molecule has 5 rings (SSSR count). The smallest absolute Gasteiger partial charge is 0.425 e. The standard InChI is InChI=1S/C24H17ClF3N5O4S/c1-13(18-10-29-12-38-18)33-20-19(21(34)31-22(33)35)32(11-14-5-7-15(25)8-6-14)23(30-20)36-16-3-2-4-17(9-16)37-24(26,27)28/h2-10,12-13H,11H2,1H3,(H,31,34,35). The fourth-order valence-electron chi connectivity index (χ4n) is 3.88. The van der Waals surface area contributed by atoms with Crippen LogP contribution in [-0.2, 0) is 6.54 Å². The number of hydrogen-bond acceptors (Lipinski definition) is 7. The SMILES string of the molecule is CC(c1cncs1)n1c(=O)[nH]c(=O)c2c1nc(Oc1cccc(OC(F)(F)F)c1)n2Cc1ccc(Cl)cc1. The molecule has 0 saturated heterocycles. The topological polar surface area (TPSA) is 104 Å². The molecule has 0 aliphatic rings. The lowest BCUT2D eigenvalue weighted by Gasteiger charge is -2.13. The fourth-order valence-corrected chi connectivity index (χ4v) is 4.67. The molecule has 3 heterocycles. The molecule has 2 aromatic carbocycles. The van der Waals surface area contributed by atoms with Crippen molar-refractivity contribution in [2.75, 3.05) is 0 Å². The lowest BCUT2D eigenvalue weighted by Crippen LogP contribution is -2.33. The van der Waals surface area contributed by atoms with Gasteiger partial charge in [0.2, 0.25) is 0 Å². The highest BCUT2D eigenvalue weighted by Gasteiger charge is 2.31. The first-order chi connectivity index (χ1) is 18.1. The van der Waals surface area contributed by atoms with Crippen LogP contribution in [0.4, 0.5) is 13.2 Å². The third kappa shape index (κ3) is 5.29. The molecule has 14 heteroatoms. The molecular weight excluding hydrogens is 547 g/mol. The molecule has 9 nitrogen and oxygen atoms in total. The first-order valence-corrected chi connectivity index (χ1v) is 12.3. The van der Waals surface area contributed by atoms with Crippen LogP contribution in [0.2, 0.25) is 5.02 Å². The second-order valence-corrected chi connectivity index (χ2v) is 9.47. The summed E-state index contributed by atoms with van der Waals surface area (Å²) in [7, 11) is 0. The van der Waals surface area contributed by atoms with E-state index < -0.39 is 29.4 Å². The van der Waals surface area contributed by atoms with Gasteiger partial charge >= 0.3 is 18.1 Å². The molecule has 0 bridgehead atoms. The average Bonchev–Trinajstić information content (AvgIpc) is 3.49. The van der Waals surface area contributed by atoms with Gasteiger partial charge in [-0.2, -0.15) is 4.98 Å². The normalized spacial score (nSPS) is 12.6. The van der Waals surface area contributed by atoms with Gasteiger partial charge in [-0.25, -0.2) is 4.79 Å². The van der Waals surface area contributed by atoms with Crippen LogP contribution in [0.5, 0.6) is 17.5 Å². The van der Waals surface area contributed by atoms with Crippen LogP contribution < -0.4 is 20.7 Å². The molecule has 0 saturated carbocycles. The van der Waals surface area contributed by atoms with E-state index in [2.05, 4.69) is 19.7 Å². The Labute approximate surface area is 220 Å². The van der Waals surface area contributed by atoms with Crippen LogP contribution in [0.1, 0.15) is 23.4 Å². The van der Waals surface area contributed by atoms with E-state index in [-0.39, 0.29) is 29.5 Å². The summed E-state index contributed by atoms with van der Waals surface area (Å²) in [5.41, 5.74) is 1.01. The Hall–Kier alpha value is -4.10. The second kappa shape index (κ2) is 9.99. The maximum absolute atomic E-state index is 13.0. The Bertz CT molecular complexity index is 1710. The van der Waals surface area contributed by atoms with Gasteiger partial charge in [0.25, 0.3) is 5.56 Å². The van der Waals surface area contributed by atoms with E-state index in [9.17, 15) is 22.8 Å². The molecule has 0 fully saturated rings. The van der Waals surface area contributed by atoms with Gasteiger partial charge in [-0.05, 0) is 36.8 Å². The number of aromatic nitrogens is 5. The summed E-state index contributed by atoms with van der Waals surface area (Å²) in [6, 6.07) is 11.0. The average molecular weight is 564 g/mol. The quantitative estimate of drug-likeness (QED) is 0.286. The first kappa shape index (κ1) is 25.5. The number of aromatic amines is 1. The Balaban J connectivity index is 1.67. The van der Waals surface area contributed by atoms with Gasteiger partial charge in [0, 0.05) is 22.2 Å². The molecule has 38 heavy (non-hydrogen) atoms. The van der Waals surface area contributed by atoms with Crippen molar-refractivity contribution in [3.05, 3.63) is 96.5 Å². The maximum atomic E-state index is 13.0. The number of nitrogens with zero attached hydrogens (tertiary/aromatic N) is 4. The van der Waals surface area contributed by atoms with Crippen molar-refractivity contribution < 1.29 is 22.6 Å². The van der Waals surface area contributed by atoms with Crippen LogP contribution in [0.3, 0.4) is 0 Å². The Morgan fingerprint density at radius 3 is 2.55 bits per heavy atom. The zero-order chi connectivity index (χ0) is 27.0. The predicted molar refractivity (Wildman–Crippen MR) is 134 cm³/mol. The van der Waals surface area contributed by atoms with Crippen LogP contribution in [0.15, 0.2) is 69.8 Å². The summed E-state index contributed by atoms with van der Waals surface area (Å²) in [5.74, 6) is -0.524. The zero-order valence-corrected chi connectivity index (χ0v) is 21.0. The number of hydrogen-bond donors (Lipinski definition) is 1. The summed E-state index contributed by atoms with van der Waals surface area (Å²) >= 11 is 7.33. The van der Waals surface area contributed by atoms with Crippen molar-refractivity contribution in [1.82, 2.24) is 24.1 Å². The van der Waals surface area contributed by atoms with E-state index in [1.54, 1.807) is 42.9 Å². The molecule has 5 aromatic rings. The van der Waals surface area contributed by atoms with Crippen molar-refractivity contribution in [2.24, 2.45) is 0 Å². The van der Waals surface area contributed by atoms with Crippen molar-refractivity contribution in [3.8, 4) is 17.5 Å². The van der Waals surface area contributed by atoms with Gasteiger partial charge in [0.15, 0.2) is 11.2 Å². The monoisotopic (exact) mass is 563 g/mol. The summed E-state index contributed by atoms with van der Waals surface area (Å²) in [5, 5.41) is 0.507. The number of nitrogens with one attached hydrogen (secondary N) is 1. The van der Waals surface area contributed by atoms with E-state index in [4.69, 9.17) is 16.3 Å². The van der Waals surface area contributed by atoms with E-state index in [1.807, 2.05) is 0 Å². The molecule has 1 unspecified atom stereocenters. The number of H-pyrrole nitrogens is 1. The Kier molecular flexibility index (Phi) is 6.71. The molecule has 1 atom stereocenters. The number of benzene rings is 2. The number of alkyl halides is 3. The number of imidazole rings is 1. The van der Waals surface area contributed by atoms with Gasteiger partial charge in [0.1, 0.15) is 11.5 Å². The highest BCUT2D eigenvalue weighted by atomic mass is 35.5. The molecule has 196 valence electrons. The summed E-state index contributed by atoms with van der Waals surface area (Å²) in [6.07, 6.45) is -3.29. The van der Waals surface area contributed by atoms with Gasteiger partial charge in [-0.1, -0.05) is 29.8 Å². The third-order valence-corrected chi connectivity index (χ3v) is 6.75. The van der Waals surface area contributed by atoms with Gasteiger partial charge < -0.3 is 9.47 Å². The number of ether oxygens (including phenoxy) is 2. The van der Waals surface area contributed by atoms with Gasteiger partial charge in [-0.15, -0.1) is 24.5 Å². The number of fused-ring (bicyclic) bond motifs is 1. The molecule has 0 radical (unpaired) electrons. The largest absolute Gasteiger partial charge is 0.573 e. The highest BCUT2D eigenvalue weighted by Crippen LogP contribution is 2.31. The Morgan fingerprint density at radius 2 is 1.87 bits per heavy atom. The minimum absolute atomic E-state index is 0.0276. The van der Waals surface area contributed by atoms with Crippen molar-refractivity contribution in [3.63, 3.8) is 0 Å². The van der Waals surface area contributed by atoms with Crippen LogP contribution in [0.25, 0.3) is 11.2 Å². The minimum Gasteiger partial charge on any atom is -0.425 e. The predicted octanol–water partition coefficient (Wildman–Crippen LogP) is 5.34. The van der Waals surface area contributed by atoms with E-state index >= 15 is 0 Å². The Morgan fingerprint density at radius 1 is 1.13 bits per heavy atom. The molecule has 0 amide bonds. The molecular formula is C24H17ClF3N5O4S. The number of halogens is 4. The molecule has 3 aromatic heterocycles. The molecule has 0 spiro atoms. The number of thiazole rings is 1. The summed E-state index contributed by atoms with van der Waals surface area (Å²) < 4.78 is 50.8. The lowest BCUT2D eigenvalue weighted by molar-refractivity contribution is -0.274. The third-order valence-electron chi connectivity index (χ3n) is 5.55. The fraction of sp³-hybridized carbons (Fsp3) is 0.167.